The molecule has 1 N–H and O–H groups in total. The van der Waals surface area contributed by atoms with Crippen molar-refractivity contribution < 1.29 is 18.0 Å². The Balaban J connectivity index is 2.08. The average molecular weight is 564 g/mol. The van der Waals surface area contributed by atoms with E-state index in [1.54, 1.807) is 12.1 Å². The topological polar surface area (TPSA) is 86.8 Å². The molecule has 0 radical (unpaired) electrons. The number of benzene rings is 3. The zero-order valence-corrected chi connectivity index (χ0v) is 25.2. The van der Waals surface area contributed by atoms with Crippen molar-refractivity contribution in [1.29, 1.82) is 0 Å². The number of nitrogens with zero attached hydrogens (tertiary/aromatic N) is 2. The highest BCUT2D eigenvalue weighted by atomic mass is 32.2. The maximum Gasteiger partial charge on any atom is 0.244 e. The van der Waals surface area contributed by atoms with Gasteiger partial charge in [0.15, 0.2) is 0 Å². The minimum absolute atomic E-state index is 0.0794. The van der Waals surface area contributed by atoms with Crippen LogP contribution in [0.5, 0.6) is 0 Å². The molecule has 0 heterocycles. The third kappa shape index (κ3) is 8.18. The summed E-state index contributed by atoms with van der Waals surface area (Å²) in [6.07, 6.45) is 2.13. The Labute approximate surface area is 239 Å². The molecule has 0 aliphatic heterocycles. The molecule has 2 amide bonds. The minimum atomic E-state index is -3.80. The predicted octanol–water partition coefficient (Wildman–Crippen LogP) is 4.93. The molecule has 0 aliphatic carbocycles. The third-order valence-corrected chi connectivity index (χ3v) is 8.47. The van der Waals surface area contributed by atoms with E-state index in [1.165, 1.54) is 4.90 Å². The summed E-state index contributed by atoms with van der Waals surface area (Å²) >= 11 is 0. The number of carbonyl (C=O) groups excluding carboxylic acids is 2. The molecule has 0 aromatic heterocycles. The number of sulfonamides is 1. The largest absolute Gasteiger partial charge is 0.352 e. The lowest BCUT2D eigenvalue weighted by Crippen LogP contribution is -2.54. The van der Waals surface area contributed by atoms with Crippen LogP contribution < -0.4 is 9.62 Å². The van der Waals surface area contributed by atoms with E-state index in [1.807, 2.05) is 95.3 Å². The molecule has 3 aromatic carbocycles. The Morgan fingerprint density at radius 3 is 2.12 bits per heavy atom. The minimum Gasteiger partial charge on any atom is -0.352 e. The standard InChI is InChI=1S/C32H41N3O4S/c1-7-26(5)33-32(37)30(20-27-14-9-8-10-15-27)34(21-28-16-12-11-13-24(28)3)31(36)22-35(40(6,38)39)29-18-17-23(2)25(4)19-29/h8-19,26,30H,7,20-22H2,1-6H3,(H,33,37)/t26-,30-/m1/s1. The third-order valence-electron chi connectivity index (χ3n) is 7.33. The molecule has 8 heteroatoms. The van der Waals surface area contributed by atoms with Gasteiger partial charge in [0, 0.05) is 19.0 Å². The smallest absolute Gasteiger partial charge is 0.244 e. The van der Waals surface area contributed by atoms with Crippen LogP contribution in [0.4, 0.5) is 5.69 Å². The molecule has 0 fully saturated rings. The van der Waals surface area contributed by atoms with Crippen molar-refractivity contribution in [2.45, 2.75) is 66.1 Å². The second kappa shape index (κ2) is 13.6. The lowest BCUT2D eigenvalue weighted by molar-refractivity contribution is -0.140. The Morgan fingerprint density at radius 2 is 1.52 bits per heavy atom. The highest BCUT2D eigenvalue weighted by Crippen LogP contribution is 2.23. The maximum absolute atomic E-state index is 14.2. The van der Waals surface area contributed by atoms with Crippen LogP contribution in [0.25, 0.3) is 0 Å². The Hall–Kier alpha value is -3.65. The van der Waals surface area contributed by atoms with Gasteiger partial charge in [0.05, 0.1) is 11.9 Å². The van der Waals surface area contributed by atoms with Crippen LogP contribution in [0.15, 0.2) is 72.8 Å². The fourth-order valence-corrected chi connectivity index (χ4v) is 5.30. The average Bonchev–Trinajstić information content (AvgIpc) is 2.91. The van der Waals surface area contributed by atoms with E-state index >= 15 is 0 Å². The summed E-state index contributed by atoms with van der Waals surface area (Å²) in [6.45, 7) is 9.47. The van der Waals surface area contributed by atoms with E-state index < -0.39 is 28.5 Å². The van der Waals surface area contributed by atoms with Crippen LogP contribution in [0, 0.1) is 20.8 Å². The molecule has 0 spiro atoms. The normalized spacial score (nSPS) is 12.8. The fraction of sp³-hybridized carbons (Fsp3) is 0.375. The molecule has 214 valence electrons. The number of hydrogen-bond acceptors (Lipinski definition) is 4. The van der Waals surface area contributed by atoms with Gasteiger partial charge in [0.25, 0.3) is 0 Å². The van der Waals surface area contributed by atoms with Crippen molar-refractivity contribution >= 4 is 27.5 Å². The highest BCUT2D eigenvalue weighted by molar-refractivity contribution is 7.92. The number of anilines is 1. The molecule has 3 aromatic rings. The van der Waals surface area contributed by atoms with Gasteiger partial charge in [-0.1, -0.05) is 67.6 Å². The number of rotatable bonds is 12. The summed E-state index contributed by atoms with van der Waals surface area (Å²) in [5.74, 6) is -0.718. The Morgan fingerprint density at radius 1 is 0.875 bits per heavy atom. The van der Waals surface area contributed by atoms with E-state index in [-0.39, 0.29) is 18.5 Å². The second-order valence-electron chi connectivity index (χ2n) is 10.5. The van der Waals surface area contributed by atoms with Crippen molar-refractivity contribution in [3.05, 3.63) is 101 Å². The molecular weight excluding hydrogens is 522 g/mol. The van der Waals surface area contributed by atoms with Gasteiger partial charge in [-0.05, 0) is 74.1 Å². The molecule has 0 saturated carbocycles. The summed E-state index contributed by atoms with van der Waals surface area (Å²) < 4.78 is 27.0. The van der Waals surface area contributed by atoms with Crippen LogP contribution in [0.2, 0.25) is 0 Å². The van der Waals surface area contributed by atoms with Crippen molar-refractivity contribution in [2.24, 2.45) is 0 Å². The first-order valence-corrected chi connectivity index (χ1v) is 15.5. The number of aryl methyl sites for hydroxylation is 3. The van der Waals surface area contributed by atoms with Crippen LogP contribution in [0.1, 0.15) is 48.1 Å². The monoisotopic (exact) mass is 563 g/mol. The summed E-state index contributed by atoms with van der Waals surface area (Å²) in [6, 6.07) is 21.7. The van der Waals surface area contributed by atoms with Crippen LogP contribution in [0.3, 0.4) is 0 Å². The number of amides is 2. The number of hydrogen-bond donors (Lipinski definition) is 1. The Kier molecular flexibility index (Phi) is 10.5. The van der Waals surface area contributed by atoms with Gasteiger partial charge in [-0.25, -0.2) is 8.42 Å². The Bertz CT molecular complexity index is 1420. The van der Waals surface area contributed by atoms with Crippen molar-refractivity contribution in [1.82, 2.24) is 10.2 Å². The van der Waals surface area contributed by atoms with E-state index in [9.17, 15) is 18.0 Å². The summed E-state index contributed by atoms with van der Waals surface area (Å²) in [5, 5.41) is 3.05. The number of nitrogens with one attached hydrogen (secondary N) is 1. The van der Waals surface area contributed by atoms with Gasteiger partial charge in [-0.15, -0.1) is 0 Å². The highest BCUT2D eigenvalue weighted by Gasteiger charge is 2.33. The molecule has 0 aliphatic rings. The number of carbonyl (C=O) groups is 2. The fourth-order valence-electron chi connectivity index (χ4n) is 4.46. The summed E-state index contributed by atoms with van der Waals surface area (Å²) in [5.41, 5.74) is 5.14. The van der Waals surface area contributed by atoms with Crippen LogP contribution >= 0.6 is 0 Å². The van der Waals surface area contributed by atoms with Crippen molar-refractivity contribution in [3.8, 4) is 0 Å². The maximum atomic E-state index is 14.2. The molecule has 2 atom stereocenters. The first kappa shape index (κ1) is 30.9. The van der Waals surface area contributed by atoms with Gasteiger partial charge in [0.1, 0.15) is 12.6 Å². The molecule has 40 heavy (non-hydrogen) atoms. The van der Waals surface area contributed by atoms with Gasteiger partial charge in [-0.2, -0.15) is 0 Å². The van der Waals surface area contributed by atoms with Gasteiger partial charge < -0.3 is 10.2 Å². The molecule has 0 saturated heterocycles. The molecular formula is C32H41N3O4S. The van der Waals surface area contributed by atoms with Gasteiger partial charge in [-0.3, -0.25) is 13.9 Å². The van der Waals surface area contributed by atoms with E-state index in [2.05, 4.69) is 5.32 Å². The second-order valence-corrected chi connectivity index (χ2v) is 12.4. The van der Waals surface area contributed by atoms with Gasteiger partial charge in [0.2, 0.25) is 21.8 Å². The lowest BCUT2D eigenvalue weighted by atomic mass is 10.0. The van der Waals surface area contributed by atoms with Gasteiger partial charge >= 0.3 is 0 Å². The molecule has 0 unspecified atom stereocenters. The first-order valence-electron chi connectivity index (χ1n) is 13.6. The first-order chi connectivity index (χ1) is 18.9. The van der Waals surface area contributed by atoms with E-state index in [4.69, 9.17) is 0 Å². The predicted molar refractivity (Wildman–Crippen MR) is 162 cm³/mol. The molecule has 7 nitrogen and oxygen atoms in total. The van der Waals surface area contributed by atoms with Crippen LogP contribution in [-0.4, -0.2) is 50.0 Å². The summed E-state index contributed by atoms with van der Waals surface area (Å²) in [4.78, 5) is 29.4. The van der Waals surface area contributed by atoms with Crippen molar-refractivity contribution in [3.63, 3.8) is 0 Å². The molecule has 3 rings (SSSR count). The van der Waals surface area contributed by atoms with Crippen LogP contribution in [-0.2, 0) is 32.6 Å². The van der Waals surface area contributed by atoms with Crippen molar-refractivity contribution in [2.75, 3.05) is 17.1 Å². The van der Waals surface area contributed by atoms with E-state index in [0.717, 1.165) is 44.8 Å². The lowest BCUT2D eigenvalue weighted by Gasteiger charge is -2.34. The summed E-state index contributed by atoms with van der Waals surface area (Å²) in [7, 11) is -3.80. The SMILES string of the molecule is CC[C@@H](C)NC(=O)[C@@H](Cc1ccccc1)N(Cc1ccccc1C)C(=O)CN(c1ccc(C)c(C)c1)S(C)(=O)=O. The zero-order valence-electron chi connectivity index (χ0n) is 24.3. The van der Waals surface area contributed by atoms with E-state index in [0.29, 0.717) is 12.1 Å². The zero-order chi connectivity index (χ0) is 29.4. The quantitative estimate of drug-likeness (QED) is 0.339. The molecule has 0 bridgehead atoms.